The third-order valence-electron chi connectivity index (χ3n) is 4.36. The Morgan fingerprint density at radius 1 is 1.12 bits per heavy atom. The van der Waals surface area contributed by atoms with Crippen molar-refractivity contribution in [1.82, 2.24) is 14.3 Å². The summed E-state index contributed by atoms with van der Waals surface area (Å²) in [5.41, 5.74) is 3.82. The van der Waals surface area contributed by atoms with E-state index < -0.39 is 0 Å². The summed E-state index contributed by atoms with van der Waals surface area (Å²) in [6, 6.07) is 12.6. The van der Waals surface area contributed by atoms with Crippen molar-refractivity contribution in [2.45, 2.75) is 38.8 Å². The van der Waals surface area contributed by atoms with Crippen molar-refractivity contribution in [2.24, 2.45) is 0 Å². The molecule has 1 saturated carbocycles. The van der Waals surface area contributed by atoms with Gasteiger partial charge in [-0.2, -0.15) is 4.37 Å². The summed E-state index contributed by atoms with van der Waals surface area (Å²) in [6.07, 6.45) is 6.20. The number of aryl methyl sites for hydroxylation is 1. The first-order valence-corrected chi connectivity index (χ1v) is 9.09. The number of aromatic nitrogens is 3. The van der Waals surface area contributed by atoms with Crippen molar-refractivity contribution in [3.8, 4) is 0 Å². The minimum Gasteiger partial charge on any atom is -0.338 e. The van der Waals surface area contributed by atoms with Crippen LogP contribution in [0.5, 0.6) is 0 Å². The number of rotatable bonds is 6. The molecule has 0 amide bonds. The van der Waals surface area contributed by atoms with Crippen LogP contribution < -0.4 is 4.90 Å². The van der Waals surface area contributed by atoms with Gasteiger partial charge in [0.15, 0.2) is 0 Å². The molecule has 4 nitrogen and oxygen atoms in total. The van der Waals surface area contributed by atoms with Gasteiger partial charge in [0.05, 0.1) is 0 Å². The molecule has 5 heteroatoms. The maximum atomic E-state index is 4.81. The summed E-state index contributed by atoms with van der Waals surface area (Å²) >= 11 is 1.51. The molecular weight excluding hydrogens is 316 g/mol. The Kier molecular flexibility index (Phi) is 4.26. The van der Waals surface area contributed by atoms with Crippen LogP contribution in [0.4, 0.5) is 5.13 Å². The summed E-state index contributed by atoms with van der Waals surface area (Å²) in [4.78, 5) is 11.4. The van der Waals surface area contributed by atoms with Gasteiger partial charge in [-0.05, 0) is 42.5 Å². The molecule has 2 heterocycles. The molecule has 1 aliphatic rings. The number of anilines is 1. The van der Waals surface area contributed by atoms with Gasteiger partial charge in [-0.15, -0.1) is 0 Å². The second-order valence-electron chi connectivity index (χ2n) is 6.35. The van der Waals surface area contributed by atoms with E-state index >= 15 is 0 Å². The molecule has 3 aromatic rings. The average molecular weight is 336 g/mol. The third-order valence-corrected chi connectivity index (χ3v) is 5.15. The Morgan fingerprint density at radius 2 is 2.00 bits per heavy atom. The zero-order valence-corrected chi connectivity index (χ0v) is 14.5. The van der Waals surface area contributed by atoms with Crippen LogP contribution in [0.25, 0.3) is 0 Å². The highest BCUT2D eigenvalue weighted by Gasteiger charge is 2.28. The minimum absolute atomic E-state index is 0.591. The Morgan fingerprint density at radius 3 is 2.75 bits per heavy atom. The summed E-state index contributed by atoms with van der Waals surface area (Å²) in [5.74, 6) is 1.62. The van der Waals surface area contributed by atoms with Gasteiger partial charge in [0, 0.05) is 42.9 Å². The first-order valence-electron chi connectivity index (χ1n) is 8.31. The van der Waals surface area contributed by atoms with E-state index in [0.717, 1.165) is 24.0 Å². The lowest BCUT2D eigenvalue weighted by Gasteiger charge is -2.22. The van der Waals surface area contributed by atoms with E-state index in [9.17, 15) is 0 Å². The summed E-state index contributed by atoms with van der Waals surface area (Å²) in [6.45, 7) is 3.79. The molecule has 24 heavy (non-hydrogen) atoms. The highest BCUT2D eigenvalue weighted by Crippen LogP contribution is 2.40. The maximum absolute atomic E-state index is 4.81. The molecule has 0 atom stereocenters. The highest BCUT2D eigenvalue weighted by molar-refractivity contribution is 7.09. The summed E-state index contributed by atoms with van der Waals surface area (Å²) < 4.78 is 4.58. The van der Waals surface area contributed by atoms with Gasteiger partial charge in [0.25, 0.3) is 0 Å². The molecule has 0 saturated heterocycles. The van der Waals surface area contributed by atoms with Crippen molar-refractivity contribution in [3.05, 3.63) is 71.3 Å². The van der Waals surface area contributed by atoms with Gasteiger partial charge in [-0.25, -0.2) is 4.98 Å². The fourth-order valence-corrected chi connectivity index (χ4v) is 3.50. The molecular formula is C19H20N4S. The van der Waals surface area contributed by atoms with E-state index in [-0.39, 0.29) is 0 Å². The summed E-state index contributed by atoms with van der Waals surface area (Å²) in [5, 5.41) is 1.00. The zero-order valence-electron chi connectivity index (χ0n) is 13.7. The van der Waals surface area contributed by atoms with Crippen LogP contribution in [-0.2, 0) is 13.1 Å². The van der Waals surface area contributed by atoms with Crippen LogP contribution in [0.2, 0.25) is 0 Å². The molecule has 0 bridgehead atoms. The van der Waals surface area contributed by atoms with Crippen LogP contribution in [0.1, 0.15) is 41.3 Å². The Balaban J connectivity index is 1.61. The van der Waals surface area contributed by atoms with Crippen LogP contribution >= 0.6 is 11.5 Å². The summed E-state index contributed by atoms with van der Waals surface area (Å²) in [7, 11) is 0. The number of nitrogens with zero attached hydrogens (tertiary/aromatic N) is 4. The van der Waals surface area contributed by atoms with Crippen molar-refractivity contribution >= 4 is 16.7 Å². The fourth-order valence-electron chi connectivity index (χ4n) is 2.76. The van der Waals surface area contributed by atoms with Crippen LogP contribution in [-0.4, -0.2) is 14.3 Å². The van der Waals surface area contributed by atoms with Crippen molar-refractivity contribution in [1.29, 1.82) is 0 Å². The molecule has 0 unspecified atom stereocenters. The first kappa shape index (κ1) is 15.3. The van der Waals surface area contributed by atoms with Crippen molar-refractivity contribution in [2.75, 3.05) is 4.90 Å². The van der Waals surface area contributed by atoms with Gasteiger partial charge in [-0.1, -0.05) is 30.3 Å². The highest BCUT2D eigenvalue weighted by atomic mass is 32.1. The van der Waals surface area contributed by atoms with E-state index in [0.29, 0.717) is 5.92 Å². The van der Waals surface area contributed by atoms with E-state index in [2.05, 4.69) is 51.5 Å². The van der Waals surface area contributed by atoms with Crippen LogP contribution in [0.3, 0.4) is 0 Å². The van der Waals surface area contributed by atoms with Gasteiger partial charge < -0.3 is 4.90 Å². The van der Waals surface area contributed by atoms with E-state index in [1.165, 1.54) is 41.1 Å². The topological polar surface area (TPSA) is 41.9 Å². The lowest BCUT2D eigenvalue weighted by Crippen LogP contribution is -2.22. The predicted molar refractivity (Wildman–Crippen MR) is 97.2 cm³/mol. The van der Waals surface area contributed by atoms with E-state index in [1.54, 1.807) is 0 Å². The van der Waals surface area contributed by atoms with E-state index in [4.69, 9.17) is 4.98 Å². The second-order valence-corrected chi connectivity index (χ2v) is 7.08. The molecule has 0 radical (unpaired) electrons. The molecule has 1 aliphatic carbocycles. The van der Waals surface area contributed by atoms with Crippen LogP contribution in [0, 0.1) is 6.92 Å². The molecule has 2 aromatic heterocycles. The number of hydrogen-bond acceptors (Lipinski definition) is 5. The zero-order chi connectivity index (χ0) is 16.4. The van der Waals surface area contributed by atoms with Crippen LogP contribution in [0.15, 0.2) is 48.8 Å². The standard InChI is InChI=1S/C19H20N4S/c1-14-5-2-3-7-17(14)13-23(12-15-6-4-10-20-11-15)19-21-18(22-24-19)16-8-9-16/h2-7,10-11,16H,8-9,12-13H2,1H3. The monoisotopic (exact) mass is 336 g/mol. The quantitative estimate of drug-likeness (QED) is 0.672. The molecule has 4 rings (SSSR count). The molecule has 0 N–H and O–H groups in total. The molecule has 1 fully saturated rings. The van der Waals surface area contributed by atoms with Gasteiger partial charge in [0.1, 0.15) is 5.82 Å². The maximum Gasteiger partial charge on any atom is 0.205 e. The van der Waals surface area contributed by atoms with Gasteiger partial charge >= 0.3 is 0 Å². The minimum atomic E-state index is 0.591. The third kappa shape index (κ3) is 3.46. The number of hydrogen-bond donors (Lipinski definition) is 0. The van der Waals surface area contributed by atoms with E-state index in [1.807, 2.05) is 18.5 Å². The lowest BCUT2D eigenvalue weighted by atomic mass is 10.1. The first-order chi connectivity index (χ1) is 11.8. The Hall–Kier alpha value is -2.27. The number of pyridine rings is 1. The smallest absolute Gasteiger partial charge is 0.205 e. The van der Waals surface area contributed by atoms with Gasteiger partial charge in [-0.3, -0.25) is 4.98 Å². The van der Waals surface area contributed by atoms with Gasteiger partial charge in [0.2, 0.25) is 5.13 Å². The Labute approximate surface area is 146 Å². The second kappa shape index (κ2) is 6.69. The van der Waals surface area contributed by atoms with Crippen molar-refractivity contribution in [3.63, 3.8) is 0 Å². The normalized spacial score (nSPS) is 13.9. The lowest BCUT2D eigenvalue weighted by molar-refractivity contribution is 0.783. The molecule has 122 valence electrons. The van der Waals surface area contributed by atoms with Crippen molar-refractivity contribution < 1.29 is 0 Å². The Bertz CT molecular complexity index is 811. The largest absolute Gasteiger partial charge is 0.338 e. The predicted octanol–water partition coefficient (Wildman–Crippen LogP) is 4.33. The molecule has 0 aliphatic heterocycles. The average Bonchev–Trinajstić information content (AvgIpc) is 3.34. The SMILES string of the molecule is Cc1ccccc1CN(Cc1cccnc1)c1nc(C2CC2)ns1. The fraction of sp³-hybridized carbons (Fsp3) is 0.316. The molecule has 0 spiro atoms. The number of benzene rings is 1. The molecule has 1 aromatic carbocycles.